The summed E-state index contributed by atoms with van der Waals surface area (Å²) in [7, 11) is 0. The van der Waals surface area contributed by atoms with E-state index in [0.717, 1.165) is 32.8 Å². The number of fused-ring (bicyclic) bond motifs is 1. The van der Waals surface area contributed by atoms with E-state index in [1.807, 2.05) is 0 Å². The molecule has 3 aliphatic rings. The number of rotatable bonds is 2. The number of aliphatic imine (C=N–C) groups is 1. The SMILES string of the molecule is CC(C)(C)C1=N[C@H](C(C)(C)C)C(C(C)(C)C)=C2C[C@@H](CN3CCOCC3)CN12. The first-order valence-electron chi connectivity index (χ1n) is 11.2. The van der Waals surface area contributed by atoms with Crippen molar-refractivity contribution in [2.24, 2.45) is 27.2 Å². The Balaban J connectivity index is 1.99. The number of amidine groups is 1. The maximum atomic E-state index is 5.55. The second kappa shape index (κ2) is 7.43. The molecule has 2 atom stereocenters. The Morgan fingerprint density at radius 2 is 1.54 bits per heavy atom. The predicted molar refractivity (Wildman–Crippen MR) is 119 cm³/mol. The molecule has 3 rings (SSSR count). The fourth-order valence-corrected chi connectivity index (χ4v) is 5.04. The molecule has 4 nitrogen and oxygen atoms in total. The van der Waals surface area contributed by atoms with Crippen molar-refractivity contribution < 1.29 is 4.74 Å². The predicted octanol–water partition coefficient (Wildman–Crippen LogP) is 4.81. The third-order valence-corrected chi connectivity index (χ3v) is 6.26. The smallest absolute Gasteiger partial charge is 0.109 e. The van der Waals surface area contributed by atoms with E-state index in [2.05, 4.69) is 72.1 Å². The lowest BCUT2D eigenvalue weighted by atomic mass is 9.70. The lowest BCUT2D eigenvalue weighted by molar-refractivity contribution is 0.0315. The van der Waals surface area contributed by atoms with Crippen molar-refractivity contribution in [3.05, 3.63) is 11.3 Å². The maximum absolute atomic E-state index is 5.55. The minimum Gasteiger partial charge on any atom is -0.379 e. The highest BCUT2D eigenvalue weighted by molar-refractivity contribution is 5.90. The van der Waals surface area contributed by atoms with Crippen LogP contribution in [0.3, 0.4) is 0 Å². The molecule has 0 N–H and O–H groups in total. The van der Waals surface area contributed by atoms with Crippen LogP contribution in [0.1, 0.15) is 68.7 Å². The minimum absolute atomic E-state index is 0.0615. The second-order valence-electron chi connectivity index (χ2n) is 12.2. The van der Waals surface area contributed by atoms with Crippen LogP contribution in [-0.4, -0.2) is 61.1 Å². The molecule has 0 spiro atoms. The van der Waals surface area contributed by atoms with Gasteiger partial charge in [-0.25, -0.2) is 0 Å². The summed E-state index contributed by atoms with van der Waals surface area (Å²) in [6.45, 7) is 27.3. The Hall–Kier alpha value is -0.870. The molecule has 0 aromatic carbocycles. The van der Waals surface area contributed by atoms with E-state index >= 15 is 0 Å². The summed E-state index contributed by atoms with van der Waals surface area (Å²) in [5, 5.41) is 0. The lowest BCUT2D eigenvalue weighted by Gasteiger charge is -2.45. The van der Waals surface area contributed by atoms with Crippen molar-refractivity contribution >= 4 is 5.84 Å². The van der Waals surface area contributed by atoms with E-state index in [1.165, 1.54) is 18.8 Å². The third kappa shape index (κ3) is 4.48. The number of allylic oxidation sites excluding steroid dienone is 1. The van der Waals surface area contributed by atoms with Gasteiger partial charge in [-0.3, -0.25) is 9.89 Å². The number of hydrogen-bond acceptors (Lipinski definition) is 4. The van der Waals surface area contributed by atoms with Crippen molar-refractivity contribution in [2.45, 2.75) is 74.8 Å². The fraction of sp³-hybridized carbons (Fsp3) is 0.875. The molecule has 0 radical (unpaired) electrons. The maximum Gasteiger partial charge on any atom is 0.109 e. The highest BCUT2D eigenvalue weighted by Crippen LogP contribution is 2.48. The molecule has 4 heteroatoms. The number of morpholine rings is 1. The van der Waals surface area contributed by atoms with Crippen molar-refractivity contribution in [1.82, 2.24) is 9.80 Å². The van der Waals surface area contributed by atoms with Gasteiger partial charge >= 0.3 is 0 Å². The lowest BCUT2D eigenvalue weighted by Crippen LogP contribution is -2.47. The molecule has 0 unspecified atom stereocenters. The molecule has 0 saturated carbocycles. The van der Waals surface area contributed by atoms with Crippen LogP contribution in [0.15, 0.2) is 16.3 Å². The Bertz CT molecular complexity index is 636. The van der Waals surface area contributed by atoms with Gasteiger partial charge in [-0.05, 0) is 28.7 Å². The number of hydrogen-bond donors (Lipinski definition) is 0. The van der Waals surface area contributed by atoms with Gasteiger partial charge in [0, 0.05) is 37.3 Å². The first-order chi connectivity index (χ1) is 12.8. The summed E-state index contributed by atoms with van der Waals surface area (Å²) in [6.07, 6.45) is 1.19. The molecule has 2 fully saturated rings. The molecular formula is C24H43N3O. The molecule has 2 saturated heterocycles. The standard InChI is InChI=1S/C24H43N3O/c1-22(2,3)19-18-14-17(15-26-10-12-28-13-11-26)16-27(18)21(24(7,8)9)25-20(19)23(4,5)6/h17,20H,10-16H2,1-9H3/t17-,20-/m0/s1. The highest BCUT2D eigenvalue weighted by Gasteiger charge is 2.46. The van der Waals surface area contributed by atoms with Gasteiger partial charge in [-0.2, -0.15) is 0 Å². The Morgan fingerprint density at radius 1 is 0.929 bits per heavy atom. The third-order valence-electron chi connectivity index (χ3n) is 6.26. The number of ether oxygens (including phenoxy) is 1. The largest absolute Gasteiger partial charge is 0.379 e. The summed E-state index contributed by atoms with van der Waals surface area (Å²) >= 11 is 0. The Morgan fingerprint density at radius 3 is 2.04 bits per heavy atom. The van der Waals surface area contributed by atoms with Gasteiger partial charge in [-0.15, -0.1) is 0 Å². The molecule has 0 aromatic rings. The van der Waals surface area contributed by atoms with Crippen molar-refractivity contribution in [3.8, 4) is 0 Å². The number of nitrogens with zero attached hydrogens (tertiary/aromatic N) is 3. The van der Waals surface area contributed by atoms with Crippen LogP contribution in [0.25, 0.3) is 0 Å². The molecular weight excluding hydrogens is 346 g/mol. The van der Waals surface area contributed by atoms with Gasteiger partial charge in [-0.1, -0.05) is 62.3 Å². The van der Waals surface area contributed by atoms with E-state index < -0.39 is 0 Å². The summed E-state index contributed by atoms with van der Waals surface area (Å²) < 4.78 is 5.55. The van der Waals surface area contributed by atoms with Crippen LogP contribution in [0, 0.1) is 22.2 Å². The average molecular weight is 390 g/mol. The van der Waals surface area contributed by atoms with E-state index in [-0.39, 0.29) is 22.3 Å². The van der Waals surface area contributed by atoms with Crippen LogP contribution in [-0.2, 0) is 4.74 Å². The molecule has 0 bridgehead atoms. The fourth-order valence-electron chi connectivity index (χ4n) is 5.04. The molecule has 0 amide bonds. The topological polar surface area (TPSA) is 28.1 Å². The molecule has 28 heavy (non-hydrogen) atoms. The average Bonchev–Trinajstić information content (AvgIpc) is 2.93. The molecule has 3 aliphatic heterocycles. The van der Waals surface area contributed by atoms with Gasteiger partial charge < -0.3 is 9.64 Å². The zero-order chi connectivity index (χ0) is 20.9. The normalized spacial score (nSPS) is 27.9. The van der Waals surface area contributed by atoms with Gasteiger partial charge in [0.2, 0.25) is 0 Å². The van der Waals surface area contributed by atoms with E-state index in [0.29, 0.717) is 5.92 Å². The van der Waals surface area contributed by atoms with E-state index in [9.17, 15) is 0 Å². The van der Waals surface area contributed by atoms with Crippen LogP contribution in [0.2, 0.25) is 0 Å². The van der Waals surface area contributed by atoms with Crippen molar-refractivity contribution in [3.63, 3.8) is 0 Å². The second-order valence-corrected chi connectivity index (χ2v) is 12.2. The van der Waals surface area contributed by atoms with Crippen molar-refractivity contribution in [1.29, 1.82) is 0 Å². The van der Waals surface area contributed by atoms with E-state index in [4.69, 9.17) is 9.73 Å². The van der Waals surface area contributed by atoms with Crippen LogP contribution < -0.4 is 0 Å². The summed E-state index contributed by atoms with van der Waals surface area (Å²) in [5.74, 6) is 1.97. The van der Waals surface area contributed by atoms with Crippen molar-refractivity contribution in [2.75, 3.05) is 39.4 Å². The van der Waals surface area contributed by atoms with Crippen LogP contribution in [0.4, 0.5) is 0 Å². The van der Waals surface area contributed by atoms with Gasteiger partial charge in [0.05, 0.1) is 19.3 Å². The molecule has 0 aromatic heterocycles. The van der Waals surface area contributed by atoms with E-state index in [1.54, 1.807) is 11.3 Å². The first-order valence-corrected chi connectivity index (χ1v) is 11.2. The minimum atomic E-state index is 0.0615. The molecule has 160 valence electrons. The summed E-state index contributed by atoms with van der Waals surface area (Å²) in [4.78, 5) is 10.6. The monoisotopic (exact) mass is 389 g/mol. The first kappa shape index (κ1) is 21.8. The van der Waals surface area contributed by atoms with Gasteiger partial charge in [0.15, 0.2) is 0 Å². The Kier molecular flexibility index (Phi) is 5.79. The summed E-state index contributed by atoms with van der Waals surface area (Å²) in [5.41, 5.74) is 3.46. The Labute approximate surface area is 173 Å². The van der Waals surface area contributed by atoms with Gasteiger partial charge in [0.25, 0.3) is 0 Å². The van der Waals surface area contributed by atoms with Crippen LogP contribution in [0.5, 0.6) is 0 Å². The molecule has 3 heterocycles. The van der Waals surface area contributed by atoms with Gasteiger partial charge in [0.1, 0.15) is 5.84 Å². The summed E-state index contributed by atoms with van der Waals surface area (Å²) in [6, 6.07) is 0.259. The molecule has 0 aliphatic carbocycles. The zero-order valence-corrected chi connectivity index (χ0v) is 19.9. The quantitative estimate of drug-likeness (QED) is 0.678. The zero-order valence-electron chi connectivity index (χ0n) is 19.9. The van der Waals surface area contributed by atoms with Crippen LogP contribution >= 0.6 is 0 Å². The highest BCUT2D eigenvalue weighted by atomic mass is 16.5.